The molecule has 0 unspecified atom stereocenters. The topological polar surface area (TPSA) is 86.5 Å². The van der Waals surface area contributed by atoms with Gasteiger partial charge in [-0.15, -0.1) is 0 Å². The highest BCUT2D eigenvalue weighted by Gasteiger charge is 2.14. The summed E-state index contributed by atoms with van der Waals surface area (Å²) in [6, 6.07) is 10.6. The number of carbonyl (C=O) groups excluding carboxylic acids is 1. The van der Waals surface area contributed by atoms with Crippen molar-refractivity contribution < 1.29 is 14.3 Å². The number of amides is 1. The van der Waals surface area contributed by atoms with E-state index in [1.807, 2.05) is 0 Å². The number of anilines is 2. The number of nitrogens with one attached hydrogen (secondary N) is 1. The van der Waals surface area contributed by atoms with Gasteiger partial charge in [-0.05, 0) is 30.3 Å². The first-order valence-electron chi connectivity index (χ1n) is 7.06. The standard InChI is InChI=1S/C16H13N3O3S/c17-16-19-11-3-1-9(7-14(11)23-16)15(20)18-10-2-4-12-13(8-10)22-6-5-21-12/h1-4,7-8H,5-6H2,(H2,17,19)(H,18,20). The first-order valence-corrected chi connectivity index (χ1v) is 7.88. The van der Waals surface area contributed by atoms with Gasteiger partial charge in [0, 0.05) is 17.3 Å². The van der Waals surface area contributed by atoms with E-state index in [0.717, 1.165) is 10.2 Å². The monoisotopic (exact) mass is 327 g/mol. The van der Waals surface area contributed by atoms with Gasteiger partial charge in [0.05, 0.1) is 10.2 Å². The van der Waals surface area contributed by atoms with Crippen molar-refractivity contribution in [2.45, 2.75) is 0 Å². The van der Waals surface area contributed by atoms with Gasteiger partial charge in [0.2, 0.25) is 0 Å². The zero-order valence-electron chi connectivity index (χ0n) is 12.0. The van der Waals surface area contributed by atoms with Crippen molar-refractivity contribution in [3.63, 3.8) is 0 Å². The molecule has 1 aliphatic heterocycles. The van der Waals surface area contributed by atoms with Crippen molar-refractivity contribution in [2.75, 3.05) is 24.3 Å². The third-order valence-electron chi connectivity index (χ3n) is 3.47. The summed E-state index contributed by atoms with van der Waals surface area (Å²) in [5, 5.41) is 3.35. The lowest BCUT2D eigenvalue weighted by Gasteiger charge is -2.19. The maximum absolute atomic E-state index is 12.4. The number of carbonyl (C=O) groups is 1. The molecule has 0 bridgehead atoms. The third kappa shape index (κ3) is 2.66. The summed E-state index contributed by atoms with van der Waals surface area (Å²) >= 11 is 1.36. The maximum atomic E-state index is 12.4. The van der Waals surface area contributed by atoms with Crippen molar-refractivity contribution in [1.82, 2.24) is 4.98 Å². The van der Waals surface area contributed by atoms with Crippen LogP contribution in [0.5, 0.6) is 11.5 Å². The van der Waals surface area contributed by atoms with Crippen LogP contribution in [0.4, 0.5) is 10.8 Å². The van der Waals surface area contributed by atoms with Gasteiger partial charge >= 0.3 is 0 Å². The van der Waals surface area contributed by atoms with Crippen LogP contribution < -0.4 is 20.5 Å². The Labute approximate surface area is 135 Å². The summed E-state index contributed by atoms with van der Waals surface area (Å²) in [4.78, 5) is 16.6. The molecule has 0 atom stereocenters. The molecule has 2 heterocycles. The number of nitrogens with zero attached hydrogens (tertiary/aromatic N) is 1. The van der Waals surface area contributed by atoms with Crippen LogP contribution >= 0.6 is 11.3 Å². The molecule has 0 saturated heterocycles. The molecule has 0 fully saturated rings. The highest BCUT2D eigenvalue weighted by atomic mass is 32.1. The molecule has 2 aromatic carbocycles. The lowest BCUT2D eigenvalue weighted by Crippen LogP contribution is -2.16. The lowest BCUT2D eigenvalue weighted by atomic mass is 10.2. The van der Waals surface area contributed by atoms with E-state index in [0.29, 0.717) is 41.1 Å². The van der Waals surface area contributed by atoms with Crippen LogP contribution in [-0.4, -0.2) is 24.1 Å². The molecular formula is C16H13N3O3S. The predicted octanol–water partition coefficient (Wildman–Crippen LogP) is 2.90. The Bertz CT molecular complexity index is 907. The third-order valence-corrected chi connectivity index (χ3v) is 4.31. The number of nitrogen functional groups attached to an aromatic ring is 1. The first-order chi connectivity index (χ1) is 11.2. The zero-order valence-corrected chi connectivity index (χ0v) is 12.9. The Kier molecular flexibility index (Phi) is 3.27. The summed E-state index contributed by atoms with van der Waals surface area (Å²) in [6.45, 7) is 1.05. The maximum Gasteiger partial charge on any atom is 0.255 e. The molecule has 0 spiro atoms. The number of hydrogen-bond donors (Lipinski definition) is 2. The quantitative estimate of drug-likeness (QED) is 0.756. The van der Waals surface area contributed by atoms with Gasteiger partial charge in [-0.1, -0.05) is 11.3 Å². The van der Waals surface area contributed by atoms with Crippen LogP contribution in [-0.2, 0) is 0 Å². The molecule has 3 N–H and O–H groups in total. The fraction of sp³-hybridized carbons (Fsp3) is 0.125. The van der Waals surface area contributed by atoms with Crippen molar-refractivity contribution in [3.8, 4) is 11.5 Å². The predicted molar refractivity (Wildman–Crippen MR) is 89.4 cm³/mol. The number of aromatic nitrogens is 1. The van der Waals surface area contributed by atoms with E-state index in [9.17, 15) is 4.79 Å². The number of rotatable bonds is 2. The number of benzene rings is 2. The normalized spacial score (nSPS) is 13.0. The molecule has 7 heteroatoms. The molecule has 1 aliphatic rings. The van der Waals surface area contributed by atoms with Crippen molar-refractivity contribution in [3.05, 3.63) is 42.0 Å². The first kappa shape index (κ1) is 13.8. The minimum atomic E-state index is -0.199. The second-order valence-electron chi connectivity index (χ2n) is 5.05. The number of hydrogen-bond acceptors (Lipinski definition) is 6. The van der Waals surface area contributed by atoms with E-state index in [1.54, 1.807) is 36.4 Å². The van der Waals surface area contributed by atoms with Gasteiger partial charge in [-0.3, -0.25) is 4.79 Å². The fourth-order valence-corrected chi connectivity index (χ4v) is 3.18. The van der Waals surface area contributed by atoms with E-state index < -0.39 is 0 Å². The lowest BCUT2D eigenvalue weighted by molar-refractivity contribution is 0.102. The zero-order chi connectivity index (χ0) is 15.8. The van der Waals surface area contributed by atoms with Crippen molar-refractivity contribution in [1.29, 1.82) is 0 Å². The van der Waals surface area contributed by atoms with Gasteiger partial charge in [-0.2, -0.15) is 0 Å². The Morgan fingerprint density at radius 2 is 1.96 bits per heavy atom. The minimum Gasteiger partial charge on any atom is -0.486 e. The van der Waals surface area contributed by atoms with E-state index in [4.69, 9.17) is 15.2 Å². The Morgan fingerprint density at radius 1 is 1.13 bits per heavy atom. The molecule has 1 aromatic heterocycles. The summed E-state index contributed by atoms with van der Waals surface area (Å²) in [5.74, 6) is 1.13. The molecule has 23 heavy (non-hydrogen) atoms. The second-order valence-corrected chi connectivity index (χ2v) is 6.11. The highest BCUT2D eigenvalue weighted by Crippen LogP contribution is 2.33. The SMILES string of the molecule is Nc1nc2ccc(C(=O)Nc3ccc4c(c3)OCCO4)cc2s1. The van der Waals surface area contributed by atoms with E-state index >= 15 is 0 Å². The molecule has 3 aromatic rings. The van der Waals surface area contributed by atoms with Crippen LogP contribution in [0.2, 0.25) is 0 Å². The molecular weight excluding hydrogens is 314 g/mol. The van der Waals surface area contributed by atoms with Crippen LogP contribution in [0, 0.1) is 0 Å². The van der Waals surface area contributed by atoms with Crippen LogP contribution in [0.15, 0.2) is 36.4 Å². The number of fused-ring (bicyclic) bond motifs is 2. The molecule has 6 nitrogen and oxygen atoms in total. The average molecular weight is 327 g/mol. The summed E-state index contributed by atoms with van der Waals surface area (Å²) in [7, 11) is 0. The van der Waals surface area contributed by atoms with Gasteiger partial charge in [0.15, 0.2) is 16.6 Å². The summed E-state index contributed by atoms with van der Waals surface area (Å²) < 4.78 is 11.9. The van der Waals surface area contributed by atoms with E-state index in [1.165, 1.54) is 11.3 Å². The van der Waals surface area contributed by atoms with Crippen LogP contribution in [0.1, 0.15) is 10.4 Å². The molecule has 4 rings (SSSR count). The molecule has 0 radical (unpaired) electrons. The molecule has 0 aliphatic carbocycles. The van der Waals surface area contributed by atoms with Crippen molar-refractivity contribution >= 4 is 38.3 Å². The van der Waals surface area contributed by atoms with Gasteiger partial charge in [-0.25, -0.2) is 4.98 Å². The smallest absolute Gasteiger partial charge is 0.255 e. The fourth-order valence-electron chi connectivity index (χ4n) is 2.41. The molecule has 1 amide bonds. The van der Waals surface area contributed by atoms with Crippen LogP contribution in [0.3, 0.4) is 0 Å². The van der Waals surface area contributed by atoms with Gasteiger partial charge in [0.25, 0.3) is 5.91 Å². The van der Waals surface area contributed by atoms with Gasteiger partial charge in [0.1, 0.15) is 13.2 Å². The summed E-state index contributed by atoms with van der Waals surface area (Å²) in [5.41, 5.74) is 7.69. The minimum absolute atomic E-state index is 0.199. The van der Waals surface area contributed by atoms with Gasteiger partial charge < -0.3 is 20.5 Å². The Balaban J connectivity index is 1.58. The number of nitrogens with two attached hydrogens (primary N) is 1. The van der Waals surface area contributed by atoms with Crippen molar-refractivity contribution in [2.24, 2.45) is 0 Å². The van der Waals surface area contributed by atoms with E-state index in [-0.39, 0.29) is 5.91 Å². The highest BCUT2D eigenvalue weighted by molar-refractivity contribution is 7.22. The number of thiazole rings is 1. The molecule has 0 saturated carbocycles. The molecule has 116 valence electrons. The number of ether oxygens (including phenoxy) is 2. The Morgan fingerprint density at radius 3 is 2.83 bits per heavy atom. The Hall–Kier alpha value is -2.80. The average Bonchev–Trinajstić information content (AvgIpc) is 2.93. The largest absolute Gasteiger partial charge is 0.486 e. The second kappa shape index (κ2) is 5.44. The van der Waals surface area contributed by atoms with E-state index in [2.05, 4.69) is 10.3 Å². The summed E-state index contributed by atoms with van der Waals surface area (Å²) in [6.07, 6.45) is 0. The van der Waals surface area contributed by atoms with Crippen LogP contribution in [0.25, 0.3) is 10.2 Å².